The summed E-state index contributed by atoms with van der Waals surface area (Å²) in [7, 11) is 0. The van der Waals surface area contributed by atoms with Crippen molar-refractivity contribution in [2.75, 3.05) is 25.1 Å². The van der Waals surface area contributed by atoms with Gasteiger partial charge >= 0.3 is 0 Å². The van der Waals surface area contributed by atoms with Gasteiger partial charge in [0.2, 0.25) is 0 Å². The Bertz CT molecular complexity index is 390. The van der Waals surface area contributed by atoms with Crippen LogP contribution in [0.15, 0.2) is 22.7 Å². The van der Waals surface area contributed by atoms with E-state index in [-0.39, 0.29) is 0 Å². The fraction of sp³-hybridized carbons (Fsp3) is 0.600. The number of aliphatic hydroxyl groups excluding tert-OH is 1. The number of benzene rings is 1. The highest BCUT2D eigenvalue weighted by Crippen LogP contribution is 2.25. The van der Waals surface area contributed by atoms with Crippen LogP contribution in [0.4, 0.5) is 5.69 Å². The quantitative estimate of drug-likeness (QED) is 0.602. The summed E-state index contributed by atoms with van der Waals surface area (Å²) in [6.45, 7) is 3.74. The summed E-state index contributed by atoms with van der Waals surface area (Å²) < 4.78 is 6.29. The molecule has 1 aromatic rings. The number of hydrogen-bond donors (Lipinski definition) is 2. The summed E-state index contributed by atoms with van der Waals surface area (Å²) in [5.74, 6) is 0. The van der Waals surface area contributed by atoms with Gasteiger partial charge in [0, 0.05) is 23.3 Å². The third-order valence-electron chi connectivity index (χ3n) is 2.91. The molecular weight excluding hydrogens is 342 g/mol. The van der Waals surface area contributed by atoms with Gasteiger partial charge in [0.15, 0.2) is 0 Å². The molecule has 0 bridgehead atoms. The van der Waals surface area contributed by atoms with Crippen molar-refractivity contribution in [3.05, 3.63) is 27.7 Å². The summed E-state index contributed by atoms with van der Waals surface area (Å²) in [4.78, 5) is 0. The molecule has 5 heteroatoms. The van der Waals surface area contributed by atoms with Gasteiger partial charge in [-0.15, -0.1) is 0 Å². The molecule has 0 radical (unpaired) electrons. The maximum Gasteiger partial charge on any atom is 0.0945 e. The highest BCUT2D eigenvalue weighted by molar-refractivity contribution is 9.10. The largest absolute Gasteiger partial charge is 0.389 e. The maximum absolute atomic E-state index is 9.81. The van der Waals surface area contributed by atoms with Crippen molar-refractivity contribution < 1.29 is 9.84 Å². The molecule has 0 saturated carbocycles. The zero-order valence-electron chi connectivity index (χ0n) is 11.9. The van der Waals surface area contributed by atoms with Gasteiger partial charge in [-0.25, -0.2) is 0 Å². The third kappa shape index (κ3) is 7.48. The second-order valence-corrected chi connectivity index (χ2v) is 6.06. The molecule has 0 aliphatic carbocycles. The number of aliphatic hydroxyl groups is 1. The van der Waals surface area contributed by atoms with Crippen LogP contribution in [0.3, 0.4) is 0 Å². The highest BCUT2D eigenvalue weighted by Gasteiger charge is 2.05. The molecule has 1 aromatic carbocycles. The van der Waals surface area contributed by atoms with Crippen LogP contribution in [0.25, 0.3) is 0 Å². The van der Waals surface area contributed by atoms with Gasteiger partial charge in [0.1, 0.15) is 0 Å². The van der Waals surface area contributed by atoms with Crippen LogP contribution >= 0.6 is 27.5 Å². The van der Waals surface area contributed by atoms with Gasteiger partial charge in [-0.3, -0.25) is 0 Å². The number of halogens is 2. The standard InChI is InChI=1S/C15H23BrClNO2/c1-2-3-4-5-8-20-11-13(19)10-18-12-6-7-15(17)14(16)9-12/h6-7,9,13,18-19H,2-5,8,10-11H2,1H3. The summed E-state index contributed by atoms with van der Waals surface area (Å²) >= 11 is 9.29. The third-order valence-corrected chi connectivity index (χ3v) is 4.13. The maximum atomic E-state index is 9.81. The molecule has 1 atom stereocenters. The zero-order chi connectivity index (χ0) is 14.8. The topological polar surface area (TPSA) is 41.5 Å². The molecule has 0 aliphatic rings. The van der Waals surface area contributed by atoms with Gasteiger partial charge in [0.05, 0.1) is 17.7 Å². The first-order chi connectivity index (χ1) is 9.63. The zero-order valence-corrected chi connectivity index (χ0v) is 14.2. The molecule has 0 saturated heterocycles. The SMILES string of the molecule is CCCCCCOCC(O)CNc1ccc(Cl)c(Br)c1. The van der Waals surface area contributed by atoms with Crippen molar-refractivity contribution in [1.82, 2.24) is 0 Å². The number of unbranched alkanes of at least 4 members (excludes halogenated alkanes) is 3. The lowest BCUT2D eigenvalue weighted by Crippen LogP contribution is -2.25. The Hall–Kier alpha value is -0.290. The molecular formula is C15H23BrClNO2. The molecule has 20 heavy (non-hydrogen) atoms. The van der Waals surface area contributed by atoms with Crippen LogP contribution in [0.1, 0.15) is 32.6 Å². The van der Waals surface area contributed by atoms with Crippen molar-refractivity contribution in [2.24, 2.45) is 0 Å². The Balaban J connectivity index is 2.13. The lowest BCUT2D eigenvalue weighted by molar-refractivity contribution is 0.0417. The molecule has 0 amide bonds. The molecule has 0 spiro atoms. The first kappa shape index (κ1) is 17.8. The van der Waals surface area contributed by atoms with Crippen LogP contribution in [0.5, 0.6) is 0 Å². The van der Waals surface area contributed by atoms with Crippen LogP contribution in [0.2, 0.25) is 5.02 Å². The minimum absolute atomic E-state index is 0.369. The number of rotatable bonds is 10. The molecule has 0 aliphatic heterocycles. The second-order valence-electron chi connectivity index (χ2n) is 4.80. The molecule has 1 unspecified atom stereocenters. The Labute approximate surface area is 134 Å². The van der Waals surface area contributed by atoms with Gasteiger partial charge in [0.25, 0.3) is 0 Å². The molecule has 1 rings (SSSR count). The van der Waals surface area contributed by atoms with E-state index >= 15 is 0 Å². The highest BCUT2D eigenvalue weighted by atomic mass is 79.9. The molecule has 3 nitrogen and oxygen atoms in total. The van der Waals surface area contributed by atoms with Crippen LogP contribution in [-0.2, 0) is 4.74 Å². The van der Waals surface area contributed by atoms with E-state index in [0.717, 1.165) is 23.2 Å². The van der Waals surface area contributed by atoms with Crippen molar-refractivity contribution in [3.8, 4) is 0 Å². The van der Waals surface area contributed by atoms with Crippen molar-refractivity contribution in [1.29, 1.82) is 0 Å². The molecule has 0 fully saturated rings. The fourth-order valence-electron chi connectivity index (χ4n) is 1.75. The smallest absolute Gasteiger partial charge is 0.0945 e. The van der Waals surface area contributed by atoms with E-state index in [2.05, 4.69) is 28.2 Å². The van der Waals surface area contributed by atoms with Crippen molar-refractivity contribution in [2.45, 2.75) is 38.7 Å². The average molecular weight is 365 g/mol. The normalized spacial score (nSPS) is 12.4. The summed E-state index contributed by atoms with van der Waals surface area (Å²) in [5.41, 5.74) is 0.920. The van der Waals surface area contributed by atoms with E-state index in [1.54, 1.807) is 0 Å². The molecule has 0 heterocycles. The van der Waals surface area contributed by atoms with Crippen LogP contribution in [-0.4, -0.2) is 31.0 Å². The average Bonchev–Trinajstić information content (AvgIpc) is 2.44. The van der Waals surface area contributed by atoms with Crippen molar-refractivity contribution in [3.63, 3.8) is 0 Å². The summed E-state index contributed by atoms with van der Waals surface area (Å²) in [5, 5.41) is 13.6. The predicted molar refractivity (Wildman–Crippen MR) is 88.6 cm³/mol. The minimum atomic E-state index is -0.504. The Morgan fingerprint density at radius 1 is 1.35 bits per heavy atom. The molecule has 2 N–H and O–H groups in total. The first-order valence-corrected chi connectivity index (χ1v) is 8.25. The Morgan fingerprint density at radius 2 is 2.15 bits per heavy atom. The van der Waals surface area contributed by atoms with Crippen LogP contribution in [0, 0.1) is 0 Å². The van der Waals surface area contributed by atoms with E-state index in [4.69, 9.17) is 16.3 Å². The van der Waals surface area contributed by atoms with E-state index < -0.39 is 6.10 Å². The van der Waals surface area contributed by atoms with E-state index in [9.17, 15) is 5.11 Å². The number of ether oxygens (including phenoxy) is 1. The number of hydrogen-bond acceptors (Lipinski definition) is 3. The number of anilines is 1. The Morgan fingerprint density at radius 3 is 2.85 bits per heavy atom. The first-order valence-electron chi connectivity index (χ1n) is 7.08. The number of nitrogens with one attached hydrogen (secondary N) is 1. The monoisotopic (exact) mass is 363 g/mol. The molecule has 0 aromatic heterocycles. The van der Waals surface area contributed by atoms with Gasteiger partial charge in [-0.2, -0.15) is 0 Å². The molecule has 114 valence electrons. The van der Waals surface area contributed by atoms with E-state index in [1.165, 1.54) is 19.3 Å². The van der Waals surface area contributed by atoms with Gasteiger partial charge in [-0.05, 0) is 40.5 Å². The van der Waals surface area contributed by atoms with Crippen LogP contribution < -0.4 is 5.32 Å². The summed E-state index contributed by atoms with van der Waals surface area (Å²) in [6, 6.07) is 5.58. The lowest BCUT2D eigenvalue weighted by Gasteiger charge is -2.13. The fourth-order valence-corrected chi connectivity index (χ4v) is 2.25. The van der Waals surface area contributed by atoms with E-state index in [0.29, 0.717) is 18.2 Å². The van der Waals surface area contributed by atoms with E-state index in [1.807, 2.05) is 18.2 Å². The van der Waals surface area contributed by atoms with Gasteiger partial charge < -0.3 is 15.2 Å². The predicted octanol–water partition coefficient (Wildman–Crippen LogP) is 4.47. The Kier molecular flexibility index (Phi) is 9.27. The summed E-state index contributed by atoms with van der Waals surface area (Å²) in [6.07, 6.45) is 4.24. The van der Waals surface area contributed by atoms with Gasteiger partial charge in [-0.1, -0.05) is 37.8 Å². The van der Waals surface area contributed by atoms with Crippen molar-refractivity contribution >= 4 is 33.2 Å². The minimum Gasteiger partial charge on any atom is -0.389 e. The lowest BCUT2D eigenvalue weighted by atomic mass is 10.2. The second kappa shape index (κ2) is 10.4.